The van der Waals surface area contributed by atoms with Gasteiger partial charge in [-0.2, -0.15) is 4.72 Å². The van der Waals surface area contributed by atoms with E-state index < -0.39 is 28.6 Å². The second kappa shape index (κ2) is 8.72. The SMILES string of the molecule is COc1cccc(NC(=O)[C@H](CO)NS(=O)(=O)c2ccc(C(C)(C)C)cc2)c1. The fraction of sp³-hybridized carbons (Fsp3) is 0.350. The van der Waals surface area contributed by atoms with E-state index in [4.69, 9.17) is 4.74 Å². The minimum absolute atomic E-state index is 0.0214. The lowest BCUT2D eigenvalue weighted by Crippen LogP contribution is -2.46. The average Bonchev–Trinajstić information content (AvgIpc) is 2.65. The van der Waals surface area contributed by atoms with E-state index in [9.17, 15) is 18.3 Å². The van der Waals surface area contributed by atoms with Crippen molar-refractivity contribution in [1.29, 1.82) is 0 Å². The standard InChI is InChI=1S/C20H26N2O5S/c1-20(2,3)14-8-10-17(11-9-14)28(25,26)22-18(13-23)19(24)21-15-6-5-7-16(12-15)27-4/h5-12,18,22-23H,13H2,1-4H3,(H,21,24)/t18-/m0/s1. The van der Waals surface area contributed by atoms with Crippen molar-refractivity contribution in [2.24, 2.45) is 0 Å². The number of carbonyl (C=O) groups excluding carboxylic acids is 1. The molecule has 8 heteroatoms. The first-order valence-corrected chi connectivity index (χ1v) is 10.2. The Bertz CT molecular complexity index is 918. The van der Waals surface area contributed by atoms with Crippen LogP contribution in [0.3, 0.4) is 0 Å². The summed E-state index contributed by atoms with van der Waals surface area (Å²) in [6.45, 7) is 5.40. The van der Waals surface area contributed by atoms with Crippen molar-refractivity contribution in [3.8, 4) is 5.75 Å². The number of ether oxygens (including phenoxy) is 1. The third kappa shape index (κ3) is 5.54. The first-order valence-electron chi connectivity index (χ1n) is 8.75. The van der Waals surface area contributed by atoms with E-state index in [-0.39, 0.29) is 10.3 Å². The zero-order valence-corrected chi connectivity index (χ0v) is 17.2. The summed E-state index contributed by atoms with van der Waals surface area (Å²) in [4.78, 5) is 12.4. The van der Waals surface area contributed by atoms with Crippen molar-refractivity contribution in [2.45, 2.75) is 37.1 Å². The second-order valence-corrected chi connectivity index (χ2v) is 9.07. The Kier molecular flexibility index (Phi) is 6.82. The molecule has 0 heterocycles. The van der Waals surface area contributed by atoms with Crippen LogP contribution < -0.4 is 14.8 Å². The highest BCUT2D eigenvalue weighted by Gasteiger charge is 2.26. The lowest BCUT2D eigenvalue weighted by molar-refractivity contribution is -0.118. The maximum Gasteiger partial charge on any atom is 0.244 e. The number of nitrogens with one attached hydrogen (secondary N) is 2. The van der Waals surface area contributed by atoms with Gasteiger partial charge in [-0.25, -0.2) is 8.42 Å². The van der Waals surface area contributed by atoms with Gasteiger partial charge in [0.1, 0.15) is 11.8 Å². The minimum Gasteiger partial charge on any atom is -0.497 e. The Morgan fingerprint density at radius 3 is 2.32 bits per heavy atom. The lowest BCUT2D eigenvalue weighted by atomic mass is 9.87. The Labute approximate surface area is 165 Å². The van der Waals surface area contributed by atoms with Crippen LogP contribution in [0.2, 0.25) is 0 Å². The van der Waals surface area contributed by atoms with Crippen LogP contribution in [-0.2, 0) is 20.2 Å². The van der Waals surface area contributed by atoms with Crippen molar-refractivity contribution in [2.75, 3.05) is 19.0 Å². The molecular formula is C20H26N2O5S. The normalized spacial score (nSPS) is 13.0. The maximum absolute atomic E-state index is 12.6. The molecule has 0 saturated carbocycles. The zero-order chi connectivity index (χ0) is 20.9. The number of hydrogen-bond acceptors (Lipinski definition) is 5. The number of aliphatic hydroxyl groups is 1. The largest absolute Gasteiger partial charge is 0.497 e. The minimum atomic E-state index is -3.98. The molecule has 0 saturated heterocycles. The van der Waals surface area contributed by atoms with E-state index >= 15 is 0 Å². The van der Waals surface area contributed by atoms with Gasteiger partial charge in [0.25, 0.3) is 0 Å². The average molecular weight is 407 g/mol. The molecule has 28 heavy (non-hydrogen) atoms. The molecule has 0 spiro atoms. The molecule has 2 aromatic rings. The zero-order valence-electron chi connectivity index (χ0n) is 16.4. The first kappa shape index (κ1) is 21.9. The number of benzene rings is 2. The van der Waals surface area contributed by atoms with Gasteiger partial charge in [0.05, 0.1) is 18.6 Å². The van der Waals surface area contributed by atoms with Crippen LogP contribution in [-0.4, -0.2) is 39.2 Å². The predicted molar refractivity (Wildman–Crippen MR) is 108 cm³/mol. The van der Waals surface area contributed by atoms with Crippen molar-refractivity contribution in [3.05, 3.63) is 54.1 Å². The molecule has 7 nitrogen and oxygen atoms in total. The van der Waals surface area contributed by atoms with Crippen molar-refractivity contribution >= 4 is 21.6 Å². The number of amides is 1. The predicted octanol–water partition coefficient (Wildman–Crippen LogP) is 2.27. The van der Waals surface area contributed by atoms with Crippen molar-refractivity contribution < 1.29 is 23.1 Å². The third-order valence-electron chi connectivity index (χ3n) is 4.16. The van der Waals surface area contributed by atoms with Gasteiger partial charge in [0.2, 0.25) is 15.9 Å². The number of rotatable bonds is 7. The number of hydrogen-bond donors (Lipinski definition) is 3. The first-order chi connectivity index (χ1) is 13.1. The molecule has 0 fully saturated rings. The molecular weight excluding hydrogens is 380 g/mol. The van der Waals surface area contributed by atoms with Crippen LogP contribution in [0.4, 0.5) is 5.69 Å². The van der Waals surface area contributed by atoms with Gasteiger partial charge < -0.3 is 15.2 Å². The Hall–Kier alpha value is -2.42. The van der Waals surface area contributed by atoms with Gasteiger partial charge in [-0.1, -0.05) is 39.0 Å². The Morgan fingerprint density at radius 2 is 1.79 bits per heavy atom. The van der Waals surface area contributed by atoms with Gasteiger partial charge in [-0.05, 0) is 35.2 Å². The molecule has 2 rings (SSSR count). The highest BCUT2D eigenvalue weighted by Crippen LogP contribution is 2.23. The van der Waals surface area contributed by atoms with E-state index in [0.717, 1.165) is 5.56 Å². The molecule has 3 N–H and O–H groups in total. The fourth-order valence-corrected chi connectivity index (χ4v) is 3.68. The molecule has 0 aliphatic heterocycles. The van der Waals surface area contributed by atoms with Crippen molar-refractivity contribution in [1.82, 2.24) is 4.72 Å². The van der Waals surface area contributed by atoms with E-state index in [0.29, 0.717) is 11.4 Å². The smallest absolute Gasteiger partial charge is 0.244 e. The van der Waals surface area contributed by atoms with E-state index in [1.165, 1.54) is 19.2 Å². The van der Waals surface area contributed by atoms with Crippen LogP contribution in [0.25, 0.3) is 0 Å². The van der Waals surface area contributed by atoms with Crippen LogP contribution in [0.15, 0.2) is 53.4 Å². The van der Waals surface area contributed by atoms with Crippen LogP contribution in [0.1, 0.15) is 26.3 Å². The van der Waals surface area contributed by atoms with Crippen molar-refractivity contribution in [3.63, 3.8) is 0 Å². The summed E-state index contributed by atoms with van der Waals surface area (Å²) in [5.41, 5.74) is 1.30. The fourth-order valence-electron chi connectivity index (χ4n) is 2.49. The highest BCUT2D eigenvalue weighted by atomic mass is 32.2. The molecule has 2 aromatic carbocycles. The molecule has 1 atom stereocenters. The molecule has 0 aliphatic carbocycles. The topological polar surface area (TPSA) is 105 Å². The van der Waals surface area contributed by atoms with E-state index in [1.54, 1.807) is 36.4 Å². The molecule has 0 aromatic heterocycles. The summed E-state index contributed by atoms with van der Waals surface area (Å²) in [5.74, 6) is -0.136. The van der Waals surface area contributed by atoms with Crippen LogP contribution in [0, 0.1) is 0 Å². The van der Waals surface area contributed by atoms with Crippen LogP contribution in [0.5, 0.6) is 5.75 Å². The summed E-state index contributed by atoms with van der Waals surface area (Å²) in [5, 5.41) is 12.1. The number of anilines is 1. The third-order valence-corrected chi connectivity index (χ3v) is 5.65. The van der Waals surface area contributed by atoms with Gasteiger partial charge in [0, 0.05) is 11.8 Å². The number of aliphatic hydroxyl groups excluding tert-OH is 1. The lowest BCUT2D eigenvalue weighted by Gasteiger charge is -2.20. The number of carbonyl (C=O) groups is 1. The van der Waals surface area contributed by atoms with Gasteiger partial charge in [-0.15, -0.1) is 0 Å². The Morgan fingerprint density at radius 1 is 1.14 bits per heavy atom. The highest BCUT2D eigenvalue weighted by molar-refractivity contribution is 7.89. The monoisotopic (exact) mass is 406 g/mol. The maximum atomic E-state index is 12.6. The summed E-state index contributed by atoms with van der Waals surface area (Å²) in [6.07, 6.45) is 0. The number of sulfonamides is 1. The molecule has 152 valence electrons. The summed E-state index contributed by atoms with van der Waals surface area (Å²) >= 11 is 0. The summed E-state index contributed by atoms with van der Waals surface area (Å²) in [6, 6.07) is 11.7. The van der Waals surface area contributed by atoms with Gasteiger partial charge in [0.15, 0.2) is 0 Å². The molecule has 0 aliphatic rings. The summed E-state index contributed by atoms with van der Waals surface area (Å²) < 4.78 is 32.5. The molecule has 1 amide bonds. The molecule has 0 unspecified atom stereocenters. The summed E-state index contributed by atoms with van der Waals surface area (Å²) in [7, 11) is -2.48. The molecule has 0 bridgehead atoms. The van der Waals surface area contributed by atoms with E-state index in [1.807, 2.05) is 20.8 Å². The number of methoxy groups -OCH3 is 1. The Balaban J connectivity index is 2.14. The quantitative estimate of drug-likeness (QED) is 0.654. The van der Waals surface area contributed by atoms with Gasteiger partial charge in [-0.3, -0.25) is 4.79 Å². The van der Waals surface area contributed by atoms with Gasteiger partial charge >= 0.3 is 0 Å². The van der Waals surface area contributed by atoms with E-state index in [2.05, 4.69) is 10.0 Å². The van der Waals surface area contributed by atoms with Crippen LogP contribution >= 0.6 is 0 Å². The second-order valence-electron chi connectivity index (χ2n) is 7.35. The molecule has 0 radical (unpaired) electrons.